The number of benzene rings is 2. The zero-order valence-corrected chi connectivity index (χ0v) is 16.6. The summed E-state index contributed by atoms with van der Waals surface area (Å²) in [5.74, 6) is 0.148. The molecule has 0 bridgehead atoms. The van der Waals surface area contributed by atoms with Gasteiger partial charge in [-0.2, -0.15) is 0 Å². The Bertz CT molecular complexity index is 810. The minimum atomic E-state index is -0.0212. The summed E-state index contributed by atoms with van der Waals surface area (Å²) in [5.41, 5.74) is 2.09. The van der Waals surface area contributed by atoms with Crippen LogP contribution in [0.5, 0.6) is 0 Å². The molecule has 2 amide bonds. The fourth-order valence-electron chi connectivity index (χ4n) is 3.78. The largest absolute Gasteiger partial charge is 0.352 e. The van der Waals surface area contributed by atoms with Crippen molar-refractivity contribution in [2.75, 3.05) is 25.0 Å². The normalized spacial score (nSPS) is 19.8. The van der Waals surface area contributed by atoms with Crippen LogP contribution in [0.1, 0.15) is 18.4 Å². The maximum absolute atomic E-state index is 12.6. The Morgan fingerprint density at radius 2 is 1.71 bits per heavy atom. The number of rotatable bonds is 5. The highest BCUT2D eigenvalue weighted by atomic mass is 32.2. The molecule has 2 heterocycles. The van der Waals surface area contributed by atoms with Gasteiger partial charge >= 0.3 is 0 Å². The molecule has 2 aliphatic rings. The van der Waals surface area contributed by atoms with Gasteiger partial charge < -0.3 is 10.6 Å². The van der Waals surface area contributed by atoms with Crippen molar-refractivity contribution < 1.29 is 9.59 Å². The van der Waals surface area contributed by atoms with Gasteiger partial charge in [0.15, 0.2) is 0 Å². The molecule has 1 saturated heterocycles. The molecule has 28 heavy (non-hydrogen) atoms. The number of anilines is 1. The molecule has 2 N–H and O–H groups in total. The highest BCUT2D eigenvalue weighted by Crippen LogP contribution is 2.36. The molecule has 4 rings (SSSR count). The lowest BCUT2D eigenvalue weighted by Gasteiger charge is -2.32. The van der Waals surface area contributed by atoms with Gasteiger partial charge in [0.05, 0.1) is 11.8 Å². The number of nitrogens with zero attached hydrogens (tertiary/aromatic N) is 1. The fourth-order valence-corrected chi connectivity index (χ4v) is 4.99. The zero-order valence-electron chi connectivity index (χ0n) is 15.8. The summed E-state index contributed by atoms with van der Waals surface area (Å²) in [5, 5.41) is 6.13. The first-order chi connectivity index (χ1) is 13.7. The van der Waals surface area contributed by atoms with Gasteiger partial charge in [-0.25, -0.2) is 0 Å². The van der Waals surface area contributed by atoms with Crippen LogP contribution in [-0.4, -0.2) is 47.6 Å². The third-order valence-corrected chi connectivity index (χ3v) is 6.62. The van der Waals surface area contributed by atoms with Crippen LogP contribution in [0.2, 0.25) is 0 Å². The summed E-state index contributed by atoms with van der Waals surface area (Å²) in [7, 11) is 0. The van der Waals surface area contributed by atoms with E-state index in [4.69, 9.17) is 0 Å². The van der Waals surface area contributed by atoms with Gasteiger partial charge in [0.2, 0.25) is 11.8 Å². The summed E-state index contributed by atoms with van der Waals surface area (Å²) in [6.07, 6.45) is 2.58. The summed E-state index contributed by atoms with van der Waals surface area (Å²) in [4.78, 5) is 28.2. The molecule has 5 nitrogen and oxygen atoms in total. The minimum Gasteiger partial charge on any atom is -0.352 e. The number of carbonyl (C=O) groups is 2. The second kappa shape index (κ2) is 8.80. The van der Waals surface area contributed by atoms with Crippen molar-refractivity contribution in [1.82, 2.24) is 10.2 Å². The Morgan fingerprint density at radius 3 is 2.46 bits per heavy atom. The number of carbonyl (C=O) groups excluding carboxylic acids is 2. The van der Waals surface area contributed by atoms with Crippen molar-refractivity contribution in [2.45, 2.75) is 35.4 Å². The topological polar surface area (TPSA) is 61.4 Å². The third-order valence-electron chi connectivity index (χ3n) is 5.30. The Kier molecular flexibility index (Phi) is 5.98. The lowest BCUT2D eigenvalue weighted by Crippen LogP contribution is -2.48. The molecule has 146 valence electrons. The number of thioether (sulfide) groups is 1. The van der Waals surface area contributed by atoms with Crippen LogP contribution in [0.15, 0.2) is 59.5 Å². The summed E-state index contributed by atoms with van der Waals surface area (Å²) < 4.78 is 0. The van der Waals surface area contributed by atoms with Crippen LogP contribution in [0.4, 0.5) is 5.69 Å². The van der Waals surface area contributed by atoms with Crippen molar-refractivity contribution in [2.24, 2.45) is 0 Å². The molecule has 1 atom stereocenters. The van der Waals surface area contributed by atoms with Crippen LogP contribution in [0.25, 0.3) is 0 Å². The molecular weight excluding hydrogens is 370 g/mol. The Hall–Kier alpha value is -2.31. The second-order valence-corrected chi connectivity index (χ2v) is 8.64. The highest BCUT2D eigenvalue weighted by Gasteiger charge is 2.30. The quantitative estimate of drug-likeness (QED) is 0.817. The Morgan fingerprint density at radius 1 is 1.00 bits per heavy atom. The number of fused-ring (bicyclic) bond motifs is 1. The smallest absolute Gasteiger partial charge is 0.238 e. The zero-order chi connectivity index (χ0) is 19.3. The van der Waals surface area contributed by atoms with Crippen molar-refractivity contribution >= 4 is 29.3 Å². The molecule has 2 aromatic carbocycles. The van der Waals surface area contributed by atoms with Gasteiger partial charge in [-0.3, -0.25) is 14.5 Å². The monoisotopic (exact) mass is 395 g/mol. The predicted molar refractivity (Wildman–Crippen MR) is 112 cm³/mol. The van der Waals surface area contributed by atoms with Gasteiger partial charge in [0.1, 0.15) is 0 Å². The molecule has 0 radical (unpaired) electrons. The molecule has 2 aliphatic heterocycles. The fraction of sp³-hybridized carbons (Fsp3) is 0.364. The van der Waals surface area contributed by atoms with E-state index >= 15 is 0 Å². The lowest BCUT2D eigenvalue weighted by molar-refractivity contribution is -0.122. The van der Waals surface area contributed by atoms with Crippen molar-refractivity contribution in [3.63, 3.8) is 0 Å². The summed E-state index contributed by atoms with van der Waals surface area (Å²) in [6.45, 7) is 2.04. The lowest BCUT2D eigenvalue weighted by atomic mass is 10.0. The van der Waals surface area contributed by atoms with E-state index in [1.165, 1.54) is 10.5 Å². The molecular formula is C22H25N3O2S. The molecule has 0 aromatic heterocycles. The first-order valence-corrected chi connectivity index (χ1v) is 10.7. The Balaban J connectivity index is 1.19. The maximum atomic E-state index is 12.6. The van der Waals surface area contributed by atoms with Crippen LogP contribution in [0.3, 0.4) is 0 Å². The van der Waals surface area contributed by atoms with Gasteiger partial charge in [-0.15, -0.1) is 11.8 Å². The number of amides is 2. The van der Waals surface area contributed by atoms with Gasteiger partial charge in [-0.1, -0.05) is 36.4 Å². The van der Waals surface area contributed by atoms with E-state index in [2.05, 4.69) is 27.7 Å². The van der Waals surface area contributed by atoms with Crippen LogP contribution < -0.4 is 10.6 Å². The van der Waals surface area contributed by atoms with Crippen molar-refractivity contribution in [1.29, 1.82) is 0 Å². The van der Waals surface area contributed by atoms with Crippen LogP contribution >= 0.6 is 11.8 Å². The van der Waals surface area contributed by atoms with Crippen LogP contribution in [-0.2, 0) is 16.0 Å². The van der Waals surface area contributed by atoms with Gasteiger partial charge in [0.25, 0.3) is 0 Å². The van der Waals surface area contributed by atoms with Crippen molar-refractivity contribution in [3.05, 3.63) is 60.2 Å². The first kappa shape index (κ1) is 19.0. The van der Waals surface area contributed by atoms with E-state index < -0.39 is 0 Å². The SMILES string of the molecule is O=C(CN1CCC(NC(=O)[C@H]2Cc3ccccc3S2)CC1)Nc1ccccc1. The molecule has 0 aliphatic carbocycles. The molecule has 1 fully saturated rings. The number of para-hydroxylation sites is 1. The number of hydrogen-bond donors (Lipinski definition) is 2. The van der Waals surface area contributed by atoms with Gasteiger partial charge in [0, 0.05) is 29.7 Å². The predicted octanol–water partition coefficient (Wildman–Crippen LogP) is 2.92. The van der Waals surface area contributed by atoms with E-state index in [-0.39, 0.29) is 23.1 Å². The average molecular weight is 396 g/mol. The van der Waals surface area contributed by atoms with E-state index in [0.29, 0.717) is 6.54 Å². The second-order valence-electron chi connectivity index (χ2n) is 7.39. The molecule has 0 saturated carbocycles. The van der Waals surface area contributed by atoms with E-state index in [1.807, 2.05) is 42.5 Å². The summed E-state index contributed by atoms with van der Waals surface area (Å²) in [6, 6.07) is 18.0. The van der Waals surface area contributed by atoms with Crippen LogP contribution in [0, 0.1) is 0 Å². The third kappa shape index (κ3) is 4.75. The number of hydrogen-bond acceptors (Lipinski definition) is 4. The molecule has 0 unspecified atom stereocenters. The molecule has 0 spiro atoms. The van der Waals surface area contributed by atoms with Crippen molar-refractivity contribution in [3.8, 4) is 0 Å². The standard InChI is InChI=1S/C22H25N3O2S/c26-21(23-17-7-2-1-3-8-17)15-25-12-10-18(11-13-25)24-22(27)20-14-16-6-4-5-9-19(16)28-20/h1-9,18,20H,10-15H2,(H,23,26)(H,24,27)/t20-/m1/s1. The molecule has 6 heteroatoms. The number of likely N-dealkylation sites (tertiary alicyclic amines) is 1. The van der Waals surface area contributed by atoms with E-state index in [9.17, 15) is 9.59 Å². The number of nitrogens with one attached hydrogen (secondary N) is 2. The minimum absolute atomic E-state index is 0.00815. The van der Waals surface area contributed by atoms with E-state index in [0.717, 1.165) is 38.0 Å². The van der Waals surface area contributed by atoms with E-state index in [1.54, 1.807) is 11.8 Å². The maximum Gasteiger partial charge on any atom is 0.238 e. The highest BCUT2D eigenvalue weighted by molar-refractivity contribution is 8.01. The molecule has 2 aromatic rings. The summed E-state index contributed by atoms with van der Waals surface area (Å²) >= 11 is 1.67. The average Bonchev–Trinajstić information content (AvgIpc) is 3.15. The Labute approximate surface area is 169 Å². The number of piperidine rings is 1. The first-order valence-electron chi connectivity index (χ1n) is 9.79. The van der Waals surface area contributed by atoms with Gasteiger partial charge in [-0.05, 0) is 43.0 Å².